The van der Waals surface area contributed by atoms with Gasteiger partial charge in [-0.1, -0.05) is 18.2 Å². The van der Waals surface area contributed by atoms with E-state index in [0.29, 0.717) is 19.5 Å². The number of para-hydroxylation sites is 1. The minimum absolute atomic E-state index is 0.181. The quantitative estimate of drug-likeness (QED) is 0.839. The molecule has 0 saturated carbocycles. The van der Waals surface area contributed by atoms with E-state index < -0.39 is 5.97 Å². The molecule has 0 aliphatic carbocycles. The molecule has 1 aromatic heterocycles. The number of benzene rings is 1. The average Bonchev–Trinajstić information content (AvgIpc) is 2.84. The van der Waals surface area contributed by atoms with E-state index >= 15 is 0 Å². The van der Waals surface area contributed by atoms with Crippen LogP contribution < -0.4 is 4.90 Å². The van der Waals surface area contributed by atoms with Crippen LogP contribution in [0.15, 0.2) is 47.1 Å². The third-order valence-electron chi connectivity index (χ3n) is 3.24. The predicted molar refractivity (Wildman–Crippen MR) is 77.8 cm³/mol. The molecule has 1 aromatic carbocycles. The van der Waals surface area contributed by atoms with Crippen LogP contribution in [0.4, 0.5) is 5.69 Å². The Morgan fingerprint density at radius 3 is 2.60 bits per heavy atom. The molecule has 20 heavy (non-hydrogen) atoms. The number of rotatable bonds is 7. The van der Waals surface area contributed by atoms with Gasteiger partial charge in [-0.25, -0.2) is 0 Å². The number of hydrogen-bond donors (Lipinski definition) is 1. The van der Waals surface area contributed by atoms with Gasteiger partial charge in [0.05, 0.1) is 12.8 Å². The van der Waals surface area contributed by atoms with Gasteiger partial charge < -0.3 is 14.4 Å². The lowest BCUT2D eigenvalue weighted by Gasteiger charge is -2.24. The summed E-state index contributed by atoms with van der Waals surface area (Å²) in [5.41, 5.74) is 2.19. The SMILES string of the molecule is Cc1ccoc1CN(CCCC(=O)O)c1ccccc1. The maximum absolute atomic E-state index is 10.7. The van der Waals surface area contributed by atoms with E-state index in [1.165, 1.54) is 0 Å². The molecule has 2 aromatic rings. The van der Waals surface area contributed by atoms with Crippen molar-refractivity contribution in [2.24, 2.45) is 0 Å². The molecule has 1 N–H and O–H groups in total. The second-order valence-electron chi connectivity index (χ2n) is 4.78. The molecular formula is C16H19NO3. The van der Waals surface area contributed by atoms with Gasteiger partial charge in [-0.05, 0) is 37.1 Å². The van der Waals surface area contributed by atoms with E-state index in [1.807, 2.05) is 43.3 Å². The smallest absolute Gasteiger partial charge is 0.303 e. The van der Waals surface area contributed by atoms with Crippen molar-refractivity contribution in [1.82, 2.24) is 0 Å². The zero-order chi connectivity index (χ0) is 14.4. The minimum atomic E-state index is -0.757. The topological polar surface area (TPSA) is 53.7 Å². The molecular weight excluding hydrogens is 254 g/mol. The van der Waals surface area contributed by atoms with Crippen molar-refractivity contribution in [2.75, 3.05) is 11.4 Å². The third kappa shape index (κ3) is 3.88. The number of nitrogens with zero attached hydrogens (tertiary/aromatic N) is 1. The molecule has 0 unspecified atom stereocenters. The van der Waals surface area contributed by atoms with Crippen molar-refractivity contribution in [3.05, 3.63) is 54.0 Å². The predicted octanol–water partition coefficient (Wildman–Crippen LogP) is 3.46. The van der Waals surface area contributed by atoms with Gasteiger partial charge in [0.15, 0.2) is 0 Å². The van der Waals surface area contributed by atoms with Crippen LogP contribution in [-0.4, -0.2) is 17.6 Å². The summed E-state index contributed by atoms with van der Waals surface area (Å²) in [5.74, 6) is 0.163. The number of aryl methyl sites for hydroxylation is 1. The third-order valence-corrected chi connectivity index (χ3v) is 3.24. The summed E-state index contributed by atoms with van der Waals surface area (Å²) >= 11 is 0. The molecule has 0 fully saturated rings. The molecule has 0 bridgehead atoms. The standard InChI is InChI=1S/C16H19NO3/c1-13-9-11-20-15(13)12-17(10-5-8-16(18)19)14-6-3-2-4-7-14/h2-4,6-7,9,11H,5,8,10,12H2,1H3,(H,18,19). The van der Waals surface area contributed by atoms with Gasteiger partial charge in [0, 0.05) is 18.7 Å². The lowest BCUT2D eigenvalue weighted by atomic mass is 10.2. The Morgan fingerprint density at radius 1 is 1.25 bits per heavy atom. The lowest BCUT2D eigenvalue weighted by molar-refractivity contribution is -0.137. The van der Waals surface area contributed by atoms with Crippen molar-refractivity contribution in [3.8, 4) is 0 Å². The zero-order valence-corrected chi connectivity index (χ0v) is 11.6. The van der Waals surface area contributed by atoms with Crippen molar-refractivity contribution >= 4 is 11.7 Å². The summed E-state index contributed by atoms with van der Waals surface area (Å²) in [5, 5.41) is 8.76. The van der Waals surface area contributed by atoms with Crippen molar-refractivity contribution in [2.45, 2.75) is 26.3 Å². The Morgan fingerprint density at radius 2 is 2.00 bits per heavy atom. The van der Waals surface area contributed by atoms with E-state index in [4.69, 9.17) is 9.52 Å². The van der Waals surface area contributed by atoms with E-state index in [2.05, 4.69) is 4.90 Å². The molecule has 0 aliphatic heterocycles. The van der Waals surface area contributed by atoms with Gasteiger partial charge >= 0.3 is 5.97 Å². The first-order valence-electron chi connectivity index (χ1n) is 6.71. The van der Waals surface area contributed by atoms with Gasteiger partial charge in [0.25, 0.3) is 0 Å². The molecule has 0 radical (unpaired) electrons. The zero-order valence-electron chi connectivity index (χ0n) is 11.6. The molecule has 0 amide bonds. The van der Waals surface area contributed by atoms with Gasteiger partial charge in [-0.2, -0.15) is 0 Å². The second-order valence-corrected chi connectivity index (χ2v) is 4.78. The maximum atomic E-state index is 10.7. The van der Waals surface area contributed by atoms with Crippen LogP contribution in [-0.2, 0) is 11.3 Å². The highest BCUT2D eigenvalue weighted by Gasteiger charge is 2.11. The van der Waals surface area contributed by atoms with E-state index in [-0.39, 0.29) is 6.42 Å². The van der Waals surface area contributed by atoms with Gasteiger partial charge in [0.1, 0.15) is 5.76 Å². The first-order chi connectivity index (χ1) is 9.66. The van der Waals surface area contributed by atoms with Crippen molar-refractivity contribution in [1.29, 1.82) is 0 Å². The number of hydrogen-bond acceptors (Lipinski definition) is 3. The molecule has 106 valence electrons. The van der Waals surface area contributed by atoms with Gasteiger partial charge in [-0.3, -0.25) is 4.79 Å². The highest BCUT2D eigenvalue weighted by atomic mass is 16.4. The van der Waals surface area contributed by atoms with Crippen LogP contribution in [0.2, 0.25) is 0 Å². The van der Waals surface area contributed by atoms with E-state index in [9.17, 15) is 4.79 Å². The van der Waals surface area contributed by atoms with Crippen molar-refractivity contribution < 1.29 is 14.3 Å². The van der Waals surface area contributed by atoms with Crippen LogP contribution >= 0.6 is 0 Å². The Labute approximate surface area is 118 Å². The summed E-state index contributed by atoms with van der Waals surface area (Å²) < 4.78 is 5.49. The fourth-order valence-electron chi connectivity index (χ4n) is 2.10. The van der Waals surface area contributed by atoms with Gasteiger partial charge in [-0.15, -0.1) is 0 Å². The van der Waals surface area contributed by atoms with Crippen LogP contribution in [0, 0.1) is 6.92 Å². The molecule has 0 saturated heterocycles. The number of carboxylic acid groups (broad SMARTS) is 1. The molecule has 0 atom stereocenters. The summed E-state index contributed by atoms with van der Waals surface area (Å²) in [6.07, 6.45) is 2.48. The Hall–Kier alpha value is -2.23. The van der Waals surface area contributed by atoms with E-state index in [0.717, 1.165) is 17.0 Å². The first kappa shape index (κ1) is 14.2. The number of aliphatic carboxylic acids is 1. The highest BCUT2D eigenvalue weighted by Crippen LogP contribution is 2.19. The molecule has 4 heteroatoms. The van der Waals surface area contributed by atoms with Crippen LogP contribution in [0.3, 0.4) is 0 Å². The lowest BCUT2D eigenvalue weighted by Crippen LogP contribution is -2.24. The Kier molecular flexibility index (Phi) is 4.82. The number of furan rings is 1. The number of carbonyl (C=O) groups is 1. The average molecular weight is 273 g/mol. The Bertz CT molecular complexity index is 548. The van der Waals surface area contributed by atoms with Crippen LogP contribution in [0.25, 0.3) is 0 Å². The highest BCUT2D eigenvalue weighted by molar-refractivity contribution is 5.66. The van der Waals surface area contributed by atoms with Crippen molar-refractivity contribution in [3.63, 3.8) is 0 Å². The maximum Gasteiger partial charge on any atom is 0.303 e. The van der Waals surface area contributed by atoms with Crippen LogP contribution in [0.1, 0.15) is 24.2 Å². The van der Waals surface area contributed by atoms with Gasteiger partial charge in [0.2, 0.25) is 0 Å². The molecule has 1 heterocycles. The monoisotopic (exact) mass is 273 g/mol. The fourth-order valence-corrected chi connectivity index (χ4v) is 2.10. The van der Waals surface area contributed by atoms with Crippen LogP contribution in [0.5, 0.6) is 0 Å². The summed E-state index contributed by atoms with van der Waals surface area (Å²) in [6, 6.07) is 11.9. The molecule has 4 nitrogen and oxygen atoms in total. The fraction of sp³-hybridized carbons (Fsp3) is 0.312. The number of carboxylic acids is 1. The van der Waals surface area contributed by atoms with E-state index in [1.54, 1.807) is 6.26 Å². The first-order valence-corrected chi connectivity index (χ1v) is 6.71. The molecule has 0 aliphatic rings. The normalized spacial score (nSPS) is 10.4. The number of anilines is 1. The summed E-state index contributed by atoms with van der Waals surface area (Å²) in [4.78, 5) is 12.8. The summed E-state index contributed by atoms with van der Waals surface area (Å²) in [7, 11) is 0. The largest absolute Gasteiger partial charge is 0.481 e. The summed E-state index contributed by atoms with van der Waals surface area (Å²) in [6.45, 7) is 3.36. The molecule has 0 spiro atoms. The Balaban J connectivity index is 2.08. The minimum Gasteiger partial charge on any atom is -0.481 e. The molecule has 2 rings (SSSR count). The second kappa shape index (κ2) is 6.80.